The molecular weight excluding hydrogens is 421 g/mol. The van der Waals surface area contributed by atoms with Gasteiger partial charge in [0.25, 0.3) is 0 Å². The Labute approximate surface area is 193 Å². The summed E-state index contributed by atoms with van der Waals surface area (Å²) < 4.78 is 28.6. The summed E-state index contributed by atoms with van der Waals surface area (Å²) in [4.78, 5) is 13.0. The number of ether oxygens (including phenoxy) is 2. The van der Waals surface area contributed by atoms with Crippen LogP contribution in [0.4, 0.5) is 15.8 Å². The van der Waals surface area contributed by atoms with Crippen LogP contribution >= 0.6 is 0 Å². The van der Waals surface area contributed by atoms with Gasteiger partial charge in [-0.2, -0.15) is 0 Å². The van der Waals surface area contributed by atoms with Crippen LogP contribution in [-0.2, 0) is 0 Å². The van der Waals surface area contributed by atoms with E-state index in [1.165, 1.54) is 0 Å². The van der Waals surface area contributed by atoms with Crippen molar-refractivity contribution in [2.45, 2.75) is 52.0 Å². The molecule has 1 heterocycles. The Morgan fingerprint density at radius 1 is 1.24 bits per heavy atom. The summed E-state index contributed by atoms with van der Waals surface area (Å²) in [6.07, 6.45) is 4.71. The number of fused-ring (bicyclic) bond motifs is 1. The van der Waals surface area contributed by atoms with Crippen LogP contribution in [0, 0.1) is 12.7 Å². The van der Waals surface area contributed by atoms with E-state index in [-0.39, 0.29) is 23.1 Å². The minimum atomic E-state index is -0.549. The first-order valence-corrected chi connectivity index (χ1v) is 11.5. The van der Waals surface area contributed by atoms with E-state index in [2.05, 4.69) is 23.7 Å². The third-order valence-electron chi connectivity index (χ3n) is 6.45. The molecule has 3 aromatic rings. The molecule has 7 heteroatoms. The summed E-state index contributed by atoms with van der Waals surface area (Å²) in [6.45, 7) is 6.71. The number of hydrogen-bond acceptors (Lipinski definition) is 5. The van der Waals surface area contributed by atoms with Gasteiger partial charge >= 0.3 is 0 Å². The van der Waals surface area contributed by atoms with Crippen molar-refractivity contribution in [1.29, 1.82) is 0 Å². The summed E-state index contributed by atoms with van der Waals surface area (Å²) in [6, 6.07) is 7.47. The highest BCUT2D eigenvalue weighted by Crippen LogP contribution is 2.49. The fourth-order valence-electron chi connectivity index (χ4n) is 4.27. The van der Waals surface area contributed by atoms with E-state index in [1.807, 2.05) is 30.5 Å². The molecule has 0 amide bonds. The number of nitrogens with two attached hydrogens (primary N) is 1. The molecule has 1 saturated carbocycles. The Bertz CT molecular complexity index is 1220. The lowest BCUT2D eigenvalue weighted by Gasteiger charge is -2.24. The quantitative estimate of drug-likeness (QED) is 0.336. The Morgan fingerprint density at radius 3 is 2.52 bits per heavy atom. The first kappa shape index (κ1) is 23.0. The fourth-order valence-corrected chi connectivity index (χ4v) is 4.27. The molecule has 4 rings (SSSR count). The van der Waals surface area contributed by atoms with Crippen LogP contribution in [0.3, 0.4) is 0 Å². The molecule has 0 bridgehead atoms. The van der Waals surface area contributed by atoms with E-state index in [0.717, 1.165) is 36.1 Å². The Kier molecular flexibility index (Phi) is 6.49. The van der Waals surface area contributed by atoms with Gasteiger partial charge in [-0.1, -0.05) is 6.92 Å². The van der Waals surface area contributed by atoms with Gasteiger partial charge in [0, 0.05) is 29.9 Å². The SMILES string of the molecule is CCC(C)n1cc(C)c(=O)c2c(N)c(F)c(NCCOc3ccc(OC)cc3)c(C3CC3)c21. The third-order valence-corrected chi connectivity index (χ3v) is 6.45. The number of hydrogen-bond donors (Lipinski definition) is 2. The zero-order chi connectivity index (χ0) is 23.7. The molecule has 33 heavy (non-hydrogen) atoms. The zero-order valence-electron chi connectivity index (χ0n) is 19.7. The topological polar surface area (TPSA) is 78.5 Å². The Hall–Kier alpha value is -3.22. The van der Waals surface area contributed by atoms with Crippen molar-refractivity contribution in [2.75, 3.05) is 31.3 Å². The summed E-state index contributed by atoms with van der Waals surface area (Å²) >= 11 is 0. The summed E-state index contributed by atoms with van der Waals surface area (Å²) in [5.74, 6) is 1.13. The molecule has 1 aliphatic rings. The molecule has 0 aliphatic heterocycles. The molecule has 1 fully saturated rings. The van der Waals surface area contributed by atoms with Gasteiger partial charge < -0.3 is 25.1 Å². The predicted molar refractivity (Wildman–Crippen MR) is 131 cm³/mol. The van der Waals surface area contributed by atoms with Crippen molar-refractivity contribution < 1.29 is 13.9 Å². The molecule has 1 aromatic heterocycles. The van der Waals surface area contributed by atoms with Gasteiger partial charge in [-0.25, -0.2) is 4.39 Å². The molecule has 0 spiro atoms. The molecule has 6 nitrogen and oxygen atoms in total. The van der Waals surface area contributed by atoms with Crippen molar-refractivity contribution in [3.8, 4) is 11.5 Å². The number of nitrogens with one attached hydrogen (secondary N) is 1. The van der Waals surface area contributed by atoms with Gasteiger partial charge in [0.05, 0.1) is 29.4 Å². The molecule has 0 radical (unpaired) electrons. The maximum atomic E-state index is 15.5. The number of halogens is 1. The number of nitrogens with zero attached hydrogens (tertiary/aromatic N) is 1. The molecule has 1 unspecified atom stereocenters. The minimum absolute atomic E-state index is 0.0845. The van der Waals surface area contributed by atoms with Gasteiger partial charge in [0.1, 0.15) is 18.1 Å². The second-order valence-electron chi connectivity index (χ2n) is 8.77. The third kappa shape index (κ3) is 4.36. The van der Waals surface area contributed by atoms with E-state index in [1.54, 1.807) is 14.0 Å². The second-order valence-corrected chi connectivity index (χ2v) is 8.77. The van der Waals surface area contributed by atoms with Crippen LogP contribution in [0.25, 0.3) is 10.9 Å². The molecule has 1 atom stereocenters. The van der Waals surface area contributed by atoms with Gasteiger partial charge in [-0.15, -0.1) is 0 Å². The van der Waals surface area contributed by atoms with E-state index in [4.69, 9.17) is 15.2 Å². The number of aryl methyl sites for hydroxylation is 1. The Morgan fingerprint density at radius 2 is 1.91 bits per heavy atom. The highest BCUT2D eigenvalue weighted by molar-refractivity contribution is 5.98. The smallest absolute Gasteiger partial charge is 0.194 e. The monoisotopic (exact) mass is 453 g/mol. The van der Waals surface area contributed by atoms with E-state index in [0.29, 0.717) is 35.5 Å². The maximum absolute atomic E-state index is 15.5. The molecule has 2 aromatic carbocycles. The number of methoxy groups -OCH3 is 1. The van der Waals surface area contributed by atoms with Crippen LogP contribution in [-0.4, -0.2) is 24.8 Å². The fraction of sp³-hybridized carbons (Fsp3) is 0.423. The van der Waals surface area contributed by atoms with Crippen molar-refractivity contribution in [2.24, 2.45) is 0 Å². The standard InChI is InChI=1S/C26H32FN3O3/c1-5-16(3)30-14-15(2)26(31)21-23(28)22(27)24(20(25(21)30)17-6-7-17)29-12-13-33-19-10-8-18(32-4)9-11-19/h8-11,14,16-17,29H,5-7,12-13,28H2,1-4H3. The molecule has 0 saturated heterocycles. The molecule has 1 aliphatic carbocycles. The lowest BCUT2D eigenvalue weighted by molar-refractivity contribution is 0.331. The zero-order valence-corrected chi connectivity index (χ0v) is 19.7. The van der Waals surface area contributed by atoms with Crippen molar-refractivity contribution in [1.82, 2.24) is 4.57 Å². The summed E-state index contributed by atoms with van der Waals surface area (Å²) in [7, 11) is 1.61. The summed E-state index contributed by atoms with van der Waals surface area (Å²) in [5.41, 5.74) is 8.55. The lowest BCUT2D eigenvalue weighted by atomic mass is 9.98. The van der Waals surface area contributed by atoms with E-state index >= 15 is 4.39 Å². The van der Waals surface area contributed by atoms with Gasteiger partial charge in [-0.3, -0.25) is 4.79 Å². The molecule has 3 N–H and O–H groups in total. The highest BCUT2D eigenvalue weighted by atomic mass is 19.1. The number of benzene rings is 2. The predicted octanol–water partition coefficient (Wildman–Crippen LogP) is 5.38. The van der Waals surface area contributed by atoms with E-state index < -0.39 is 5.82 Å². The van der Waals surface area contributed by atoms with Crippen molar-refractivity contribution >= 4 is 22.3 Å². The van der Waals surface area contributed by atoms with Gasteiger partial charge in [-0.05, 0) is 63.3 Å². The number of rotatable bonds is 9. The van der Waals surface area contributed by atoms with Gasteiger partial charge in [0.15, 0.2) is 11.2 Å². The number of nitrogen functional groups attached to an aromatic ring is 1. The first-order chi connectivity index (χ1) is 15.9. The van der Waals surface area contributed by atoms with Crippen molar-refractivity contribution in [3.05, 3.63) is 57.6 Å². The number of pyridine rings is 1. The Balaban J connectivity index is 1.70. The molecule has 176 valence electrons. The largest absolute Gasteiger partial charge is 0.497 e. The van der Waals surface area contributed by atoms with Crippen molar-refractivity contribution in [3.63, 3.8) is 0 Å². The van der Waals surface area contributed by atoms with Crippen LogP contribution in [0.1, 0.15) is 56.2 Å². The average Bonchev–Trinajstić information content (AvgIpc) is 3.66. The summed E-state index contributed by atoms with van der Waals surface area (Å²) in [5, 5.41) is 3.53. The van der Waals surface area contributed by atoms with Crippen LogP contribution in [0.2, 0.25) is 0 Å². The maximum Gasteiger partial charge on any atom is 0.194 e. The second kappa shape index (κ2) is 9.33. The number of anilines is 2. The molecular formula is C26H32FN3O3. The minimum Gasteiger partial charge on any atom is -0.497 e. The van der Waals surface area contributed by atoms with E-state index in [9.17, 15) is 4.79 Å². The highest BCUT2D eigenvalue weighted by Gasteiger charge is 2.33. The van der Waals surface area contributed by atoms with Crippen LogP contribution in [0.15, 0.2) is 35.3 Å². The lowest BCUT2D eigenvalue weighted by Crippen LogP contribution is -2.21. The van der Waals surface area contributed by atoms with Crippen LogP contribution < -0.4 is 26.0 Å². The van der Waals surface area contributed by atoms with Gasteiger partial charge in [0.2, 0.25) is 0 Å². The first-order valence-electron chi connectivity index (χ1n) is 11.5. The average molecular weight is 454 g/mol. The van der Waals surface area contributed by atoms with Crippen LogP contribution in [0.5, 0.6) is 11.5 Å². The number of aromatic nitrogens is 1. The normalized spacial score (nSPS) is 14.3.